The average Bonchev–Trinajstić information content (AvgIpc) is 2.52. The highest BCUT2D eigenvalue weighted by Crippen LogP contribution is 2.24. The predicted molar refractivity (Wildman–Crippen MR) is 86.0 cm³/mol. The Morgan fingerprint density at radius 3 is 2.52 bits per heavy atom. The van der Waals surface area contributed by atoms with Crippen molar-refractivity contribution in [2.45, 2.75) is 25.8 Å². The minimum atomic E-state index is -0.615. The number of benzene rings is 1. The van der Waals surface area contributed by atoms with Crippen molar-refractivity contribution in [3.05, 3.63) is 35.9 Å². The molecule has 0 fully saturated rings. The zero-order valence-electron chi connectivity index (χ0n) is 13.4. The molecule has 1 aromatic carbocycles. The minimum Gasteiger partial charge on any atom is -0.380 e. The van der Waals surface area contributed by atoms with E-state index in [1.54, 1.807) is 0 Å². The number of nitrogens with zero attached hydrogens (tertiary/aromatic N) is 2. The van der Waals surface area contributed by atoms with Crippen LogP contribution < -0.4 is 5.32 Å². The Kier molecular flexibility index (Phi) is 7.99. The van der Waals surface area contributed by atoms with Crippen LogP contribution in [0.1, 0.15) is 25.8 Å². The number of hydrogen-bond donors (Lipinski definition) is 1. The fraction of sp³-hybridized carbons (Fsp3) is 0.588. The van der Waals surface area contributed by atoms with E-state index in [0.717, 1.165) is 44.8 Å². The van der Waals surface area contributed by atoms with Gasteiger partial charge in [0.15, 0.2) is 0 Å². The molecule has 0 heterocycles. The van der Waals surface area contributed by atoms with E-state index < -0.39 is 5.54 Å². The lowest BCUT2D eigenvalue weighted by molar-refractivity contribution is 0.119. The molecular formula is C17H27N3O. The zero-order chi connectivity index (χ0) is 15.6. The van der Waals surface area contributed by atoms with Gasteiger partial charge >= 0.3 is 0 Å². The van der Waals surface area contributed by atoms with Crippen LogP contribution in [0.15, 0.2) is 30.3 Å². The summed E-state index contributed by atoms with van der Waals surface area (Å²) in [7, 11) is 2.07. The molecule has 1 N–H and O–H groups in total. The van der Waals surface area contributed by atoms with Crippen molar-refractivity contribution in [1.29, 1.82) is 5.26 Å². The van der Waals surface area contributed by atoms with Crippen molar-refractivity contribution >= 4 is 0 Å². The van der Waals surface area contributed by atoms with Gasteiger partial charge in [-0.1, -0.05) is 37.3 Å². The smallest absolute Gasteiger partial charge is 0.133 e. The molecule has 1 unspecified atom stereocenters. The van der Waals surface area contributed by atoms with Crippen LogP contribution in [0.3, 0.4) is 0 Å². The normalized spacial score (nSPS) is 13.9. The molecule has 0 radical (unpaired) electrons. The lowest BCUT2D eigenvalue weighted by Gasteiger charge is -2.30. The van der Waals surface area contributed by atoms with E-state index in [1.165, 1.54) is 0 Å². The Bertz CT molecular complexity index is 429. The van der Waals surface area contributed by atoms with E-state index in [9.17, 15) is 5.26 Å². The van der Waals surface area contributed by atoms with Crippen LogP contribution in [0, 0.1) is 11.3 Å². The van der Waals surface area contributed by atoms with Gasteiger partial charge < -0.3 is 9.64 Å². The van der Waals surface area contributed by atoms with Gasteiger partial charge in [0.25, 0.3) is 0 Å². The molecule has 4 heteroatoms. The van der Waals surface area contributed by atoms with Crippen molar-refractivity contribution in [3.8, 4) is 6.07 Å². The fourth-order valence-corrected chi connectivity index (χ4v) is 2.35. The Balaban J connectivity index is 2.69. The first-order valence-electron chi connectivity index (χ1n) is 7.66. The number of likely N-dealkylation sites (N-methyl/N-ethyl adjacent to an activating group) is 1. The minimum absolute atomic E-state index is 0.615. The van der Waals surface area contributed by atoms with E-state index in [1.807, 2.05) is 44.2 Å². The lowest BCUT2D eigenvalue weighted by atomic mass is 9.87. The molecular weight excluding hydrogens is 262 g/mol. The summed E-state index contributed by atoms with van der Waals surface area (Å²) in [5, 5.41) is 13.1. The summed E-state index contributed by atoms with van der Waals surface area (Å²) in [5.74, 6) is 0. The number of nitrogens with one attached hydrogen (secondary N) is 1. The molecule has 116 valence electrons. The molecule has 0 spiro atoms. The summed E-state index contributed by atoms with van der Waals surface area (Å²) in [4.78, 5) is 2.21. The first kappa shape index (κ1) is 17.6. The number of hydrogen-bond acceptors (Lipinski definition) is 4. The Hall–Kier alpha value is -1.41. The van der Waals surface area contributed by atoms with Crippen LogP contribution in [0.5, 0.6) is 0 Å². The van der Waals surface area contributed by atoms with Crippen molar-refractivity contribution in [2.24, 2.45) is 0 Å². The molecule has 0 aliphatic heterocycles. The highest BCUT2D eigenvalue weighted by Gasteiger charge is 2.31. The monoisotopic (exact) mass is 289 g/mol. The van der Waals surface area contributed by atoms with Crippen LogP contribution >= 0.6 is 0 Å². The summed E-state index contributed by atoms with van der Waals surface area (Å²) in [6.45, 7) is 8.02. The summed E-state index contributed by atoms with van der Waals surface area (Å²) in [6.07, 6.45) is 0.754. The van der Waals surface area contributed by atoms with Gasteiger partial charge in [-0.05, 0) is 32.5 Å². The van der Waals surface area contributed by atoms with Crippen molar-refractivity contribution in [2.75, 3.05) is 39.9 Å². The molecule has 0 aromatic heterocycles. The fourth-order valence-electron chi connectivity index (χ4n) is 2.35. The highest BCUT2D eigenvalue weighted by atomic mass is 16.5. The topological polar surface area (TPSA) is 48.3 Å². The maximum absolute atomic E-state index is 9.73. The SMILES string of the molecule is CCNC(C#N)(CCN(C)CCOCC)c1ccccc1. The van der Waals surface area contributed by atoms with E-state index in [-0.39, 0.29) is 0 Å². The Labute approximate surface area is 128 Å². The van der Waals surface area contributed by atoms with Crippen molar-refractivity contribution in [1.82, 2.24) is 10.2 Å². The van der Waals surface area contributed by atoms with Crippen LogP contribution in [0.2, 0.25) is 0 Å². The van der Waals surface area contributed by atoms with Gasteiger partial charge in [0.05, 0.1) is 12.7 Å². The van der Waals surface area contributed by atoms with E-state index >= 15 is 0 Å². The second-order valence-electron chi connectivity index (χ2n) is 5.16. The second-order valence-corrected chi connectivity index (χ2v) is 5.16. The molecule has 0 amide bonds. The zero-order valence-corrected chi connectivity index (χ0v) is 13.4. The quantitative estimate of drug-likeness (QED) is 0.672. The number of nitriles is 1. The third-order valence-corrected chi connectivity index (χ3v) is 3.63. The van der Waals surface area contributed by atoms with Crippen LogP contribution in [0.25, 0.3) is 0 Å². The van der Waals surface area contributed by atoms with E-state index in [4.69, 9.17) is 4.74 Å². The molecule has 0 bridgehead atoms. The van der Waals surface area contributed by atoms with E-state index in [0.29, 0.717) is 0 Å². The van der Waals surface area contributed by atoms with Crippen LogP contribution in [-0.2, 0) is 10.3 Å². The van der Waals surface area contributed by atoms with Gasteiger partial charge in [0.1, 0.15) is 5.54 Å². The molecule has 0 aliphatic carbocycles. The highest BCUT2D eigenvalue weighted by molar-refractivity contribution is 5.31. The lowest BCUT2D eigenvalue weighted by Crippen LogP contribution is -2.43. The first-order chi connectivity index (χ1) is 10.2. The van der Waals surface area contributed by atoms with Gasteiger partial charge in [0.2, 0.25) is 0 Å². The largest absolute Gasteiger partial charge is 0.380 e. The molecule has 1 atom stereocenters. The second kappa shape index (κ2) is 9.51. The van der Waals surface area contributed by atoms with Crippen LogP contribution in [-0.4, -0.2) is 44.8 Å². The van der Waals surface area contributed by atoms with Gasteiger partial charge in [-0.15, -0.1) is 0 Å². The molecule has 21 heavy (non-hydrogen) atoms. The number of rotatable bonds is 10. The molecule has 0 saturated carbocycles. The molecule has 0 saturated heterocycles. The summed E-state index contributed by atoms with van der Waals surface area (Å²) in [6, 6.07) is 12.5. The maximum Gasteiger partial charge on any atom is 0.133 e. The van der Waals surface area contributed by atoms with Crippen molar-refractivity contribution < 1.29 is 4.74 Å². The molecule has 4 nitrogen and oxygen atoms in total. The molecule has 1 aromatic rings. The van der Waals surface area contributed by atoms with Crippen LogP contribution in [0.4, 0.5) is 0 Å². The summed E-state index contributed by atoms with van der Waals surface area (Å²) in [5.41, 5.74) is 0.420. The van der Waals surface area contributed by atoms with Gasteiger partial charge in [-0.3, -0.25) is 5.32 Å². The van der Waals surface area contributed by atoms with Gasteiger partial charge in [-0.2, -0.15) is 5.26 Å². The third kappa shape index (κ3) is 5.47. The Morgan fingerprint density at radius 2 is 1.95 bits per heavy atom. The maximum atomic E-state index is 9.73. The third-order valence-electron chi connectivity index (χ3n) is 3.63. The van der Waals surface area contributed by atoms with Gasteiger partial charge in [0, 0.05) is 19.7 Å². The summed E-state index contributed by atoms with van der Waals surface area (Å²) < 4.78 is 5.37. The molecule has 1 rings (SSSR count). The van der Waals surface area contributed by atoms with Gasteiger partial charge in [-0.25, -0.2) is 0 Å². The van der Waals surface area contributed by atoms with Crippen molar-refractivity contribution in [3.63, 3.8) is 0 Å². The van der Waals surface area contributed by atoms with E-state index in [2.05, 4.69) is 23.3 Å². The Morgan fingerprint density at radius 1 is 1.24 bits per heavy atom. The number of ether oxygens (including phenoxy) is 1. The molecule has 0 aliphatic rings. The average molecular weight is 289 g/mol. The first-order valence-corrected chi connectivity index (χ1v) is 7.66. The predicted octanol–water partition coefficient (Wildman–Crippen LogP) is 2.37. The standard InChI is InChI=1S/C17H27N3O/c1-4-19-17(15-18,16-9-7-6-8-10-16)11-12-20(3)13-14-21-5-2/h6-10,19H,4-5,11-14H2,1-3H3. The summed E-state index contributed by atoms with van der Waals surface area (Å²) >= 11 is 0.